The number of ether oxygens (including phenoxy) is 1. The number of carbonyl (C=O) groups excluding carboxylic acids is 2. The van der Waals surface area contributed by atoms with Gasteiger partial charge in [-0.1, -0.05) is 23.2 Å². The van der Waals surface area contributed by atoms with Crippen molar-refractivity contribution >= 4 is 35.1 Å². The first-order chi connectivity index (χ1) is 10.5. The van der Waals surface area contributed by atoms with E-state index in [4.69, 9.17) is 32.4 Å². The van der Waals surface area contributed by atoms with Gasteiger partial charge in [0, 0.05) is 0 Å². The molecule has 0 bridgehead atoms. The maximum absolute atomic E-state index is 11.9. The predicted molar refractivity (Wildman–Crippen MR) is 79.7 cm³/mol. The molecule has 0 spiro atoms. The lowest BCUT2D eigenvalue weighted by molar-refractivity contribution is -0.129. The molecule has 22 heavy (non-hydrogen) atoms. The van der Waals surface area contributed by atoms with Gasteiger partial charge in [0.2, 0.25) is 0 Å². The summed E-state index contributed by atoms with van der Waals surface area (Å²) < 4.78 is 10.1. The molecule has 8 heteroatoms. The third kappa shape index (κ3) is 4.22. The number of hydrogen-bond acceptors (Lipinski definition) is 5. The van der Waals surface area contributed by atoms with Crippen LogP contribution < -0.4 is 5.32 Å². The molecule has 1 amide bonds. The van der Waals surface area contributed by atoms with E-state index in [0.29, 0.717) is 5.76 Å². The number of esters is 1. The summed E-state index contributed by atoms with van der Waals surface area (Å²) in [5.41, 5.74) is -0.139. The molecule has 0 fully saturated rings. The Balaban J connectivity index is 1.92. The van der Waals surface area contributed by atoms with Crippen LogP contribution in [-0.4, -0.2) is 23.0 Å². The van der Waals surface area contributed by atoms with Crippen LogP contribution in [0.1, 0.15) is 23.2 Å². The third-order valence-corrected chi connectivity index (χ3v) is 3.19. The summed E-state index contributed by atoms with van der Waals surface area (Å²) in [6, 6.07) is 6.29. The van der Waals surface area contributed by atoms with Gasteiger partial charge in [-0.15, -0.1) is 0 Å². The smallest absolute Gasteiger partial charge is 0.359 e. The Morgan fingerprint density at radius 3 is 2.82 bits per heavy atom. The van der Waals surface area contributed by atoms with Crippen LogP contribution in [0, 0.1) is 0 Å². The summed E-state index contributed by atoms with van der Waals surface area (Å²) in [5.74, 6) is -0.706. The number of pyridine rings is 1. The average Bonchev–Trinajstić information content (AvgIpc) is 3.00. The van der Waals surface area contributed by atoms with Crippen LogP contribution >= 0.6 is 23.2 Å². The Morgan fingerprint density at radius 1 is 1.36 bits per heavy atom. The summed E-state index contributed by atoms with van der Waals surface area (Å²) in [6.45, 7) is 1.64. The van der Waals surface area contributed by atoms with Crippen LogP contribution in [0.2, 0.25) is 10.2 Å². The summed E-state index contributed by atoms with van der Waals surface area (Å²) in [5, 5.41) is 2.78. The fourth-order valence-corrected chi connectivity index (χ4v) is 1.89. The number of amides is 1. The Kier molecular flexibility index (Phi) is 5.41. The number of nitrogens with one attached hydrogen (secondary N) is 1. The Bertz CT molecular complexity index is 673. The van der Waals surface area contributed by atoms with Crippen molar-refractivity contribution in [2.75, 3.05) is 0 Å². The second kappa shape index (κ2) is 7.29. The summed E-state index contributed by atoms with van der Waals surface area (Å²) in [4.78, 5) is 27.6. The first kappa shape index (κ1) is 16.3. The highest BCUT2D eigenvalue weighted by molar-refractivity contribution is 6.34. The second-order valence-corrected chi connectivity index (χ2v) is 5.10. The molecule has 116 valence electrons. The Labute approximate surface area is 136 Å². The number of carbonyl (C=O) groups is 2. The zero-order valence-corrected chi connectivity index (χ0v) is 13.0. The number of rotatable bonds is 5. The molecule has 0 saturated heterocycles. The summed E-state index contributed by atoms with van der Waals surface area (Å²) in [6.07, 6.45) is 0.483. The number of nitrogens with zero attached hydrogens (tertiary/aromatic N) is 1. The Hall–Kier alpha value is -2.05. The first-order valence-electron chi connectivity index (χ1n) is 6.30. The molecule has 1 atom stereocenters. The van der Waals surface area contributed by atoms with Crippen LogP contribution in [0.25, 0.3) is 0 Å². The predicted octanol–water partition coefficient (Wildman–Crippen LogP) is 2.84. The molecule has 6 nitrogen and oxygen atoms in total. The minimum absolute atomic E-state index is 0.0950. The highest BCUT2D eigenvalue weighted by atomic mass is 35.5. The lowest BCUT2D eigenvalue weighted by Crippen LogP contribution is -2.35. The van der Waals surface area contributed by atoms with Crippen LogP contribution in [0.3, 0.4) is 0 Å². The van der Waals surface area contributed by atoms with E-state index in [0.717, 1.165) is 0 Å². The normalized spacial score (nSPS) is 11.8. The molecule has 2 heterocycles. The van der Waals surface area contributed by atoms with Crippen molar-refractivity contribution in [2.45, 2.75) is 19.6 Å². The van der Waals surface area contributed by atoms with Gasteiger partial charge in [-0.2, -0.15) is 0 Å². The minimum Gasteiger partial charge on any atom is -0.467 e. The van der Waals surface area contributed by atoms with Crippen molar-refractivity contribution in [1.82, 2.24) is 10.3 Å². The van der Waals surface area contributed by atoms with Crippen molar-refractivity contribution in [3.63, 3.8) is 0 Å². The zero-order valence-electron chi connectivity index (χ0n) is 11.5. The molecule has 0 unspecified atom stereocenters. The number of aromatic nitrogens is 1. The highest BCUT2D eigenvalue weighted by Crippen LogP contribution is 2.18. The molecule has 0 aromatic carbocycles. The molecule has 0 aliphatic rings. The summed E-state index contributed by atoms with van der Waals surface area (Å²) in [7, 11) is 0. The van der Waals surface area contributed by atoms with Gasteiger partial charge in [-0.25, -0.2) is 9.78 Å². The van der Waals surface area contributed by atoms with E-state index in [1.165, 1.54) is 25.3 Å². The molecule has 1 N–H and O–H groups in total. The molecular formula is C14H12Cl2N2O4. The van der Waals surface area contributed by atoms with E-state index >= 15 is 0 Å². The van der Waals surface area contributed by atoms with Crippen LogP contribution in [0.4, 0.5) is 0 Å². The largest absolute Gasteiger partial charge is 0.467 e. The van der Waals surface area contributed by atoms with Gasteiger partial charge in [-0.05, 0) is 31.2 Å². The van der Waals surface area contributed by atoms with Crippen molar-refractivity contribution in [3.8, 4) is 0 Å². The maximum atomic E-state index is 11.9. The topological polar surface area (TPSA) is 81.4 Å². The van der Waals surface area contributed by atoms with E-state index in [1.807, 2.05) is 0 Å². The van der Waals surface area contributed by atoms with Crippen molar-refractivity contribution in [2.24, 2.45) is 0 Å². The maximum Gasteiger partial charge on any atom is 0.359 e. The fourth-order valence-electron chi connectivity index (χ4n) is 1.56. The minimum atomic E-state index is -1.01. The average molecular weight is 343 g/mol. The SMILES string of the molecule is C[C@H](OC(=O)c1nc(Cl)ccc1Cl)C(=O)NCc1ccco1. The standard InChI is InChI=1S/C14H12Cl2N2O4/c1-8(13(19)17-7-9-3-2-6-21-9)22-14(20)12-10(15)4-5-11(16)18-12/h2-6,8H,7H2,1H3,(H,17,19)/t8-/m0/s1. The van der Waals surface area contributed by atoms with E-state index in [1.54, 1.807) is 12.1 Å². The first-order valence-corrected chi connectivity index (χ1v) is 7.06. The molecule has 0 aliphatic carbocycles. The van der Waals surface area contributed by atoms with Crippen LogP contribution in [-0.2, 0) is 16.1 Å². The van der Waals surface area contributed by atoms with Crippen molar-refractivity contribution in [1.29, 1.82) is 0 Å². The van der Waals surface area contributed by atoms with Gasteiger partial charge in [0.15, 0.2) is 11.8 Å². The van der Waals surface area contributed by atoms with Gasteiger partial charge in [0.1, 0.15) is 10.9 Å². The zero-order chi connectivity index (χ0) is 16.1. The quantitative estimate of drug-likeness (QED) is 0.667. The van der Waals surface area contributed by atoms with E-state index in [2.05, 4.69) is 10.3 Å². The lowest BCUT2D eigenvalue weighted by atomic mass is 10.3. The van der Waals surface area contributed by atoms with E-state index in [-0.39, 0.29) is 22.4 Å². The molecule has 0 saturated carbocycles. The molecule has 2 aromatic heterocycles. The van der Waals surface area contributed by atoms with Gasteiger partial charge in [-0.3, -0.25) is 4.79 Å². The Morgan fingerprint density at radius 2 is 2.14 bits per heavy atom. The second-order valence-electron chi connectivity index (χ2n) is 4.31. The van der Waals surface area contributed by atoms with Crippen molar-refractivity contribution in [3.05, 3.63) is 52.2 Å². The highest BCUT2D eigenvalue weighted by Gasteiger charge is 2.22. The number of furan rings is 1. The number of hydrogen-bond donors (Lipinski definition) is 1. The molecule has 0 aliphatic heterocycles. The lowest BCUT2D eigenvalue weighted by Gasteiger charge is -2.13. The van der Waals surface area contributed by atoms with Gasteiger partial charge >= 0.3 is 5.97 Å². The van der Waals surface area contributed by atoms with Crippen LogP contribution in [0.5, 0.6) is 0 Å². The van der Waals surface area contributed by atoms with Crippen molar-refractivity contribution < 1.29 is 18.7 Å². The van der Waals surface area contributed by atoms with Crippen LogP contribution in [0.15, 0.2) is 34.9 Å². The fraction of sp³-hybridized carbons (Fsp3) is 0.214. The molecule has 0 radical (unpaired) electrons. The van der Waals surface area contributed by atoms with E-state index < -0.39 is 18.0 Å². The summed E-state index contributed by atoms with van der Waals surface area (Å²) >= 11 is 11.5. The van der Waals surface area contributed by atoms with E-state index in [9.17, 15) is 9.59 Å². The molecule has 2 aromatic rings. The molecular weight excluding hydrogens is 331 g/mol. The monoisotopic (exact) mass is 342 g/mol. The third-order valence-electron chi connectivity index (χ3n) is 2.68. The van der Waals surface area contributed by atoms with Gasteiger partial charge in [0.25, 0.3) is 5.91 Å². The van der Waals surface area contributed by atoms with Gasteiger partial charge in [0.05, 0.1) is 17.8 Å². The number of halogens is 2. The molecule has 2 rings (SSSR count). The van der Waals surface area contributed by atoms with Gasteiger partial charge < -0.3 is 14.5 Å².